The highest BCUT2D eigenvalue weighted by Gasteiger charge is 2.42. The molecule has 156 valence electrons. The smallest absolute Gasteiger partial charge is 0.383 e. The highest BCUT2D eigenvalue weighted by Crippen LogP contribution is 2.41. The number of alkyl halides is 9. The van der Waals surface area contributed by atoms with E-state index >= 15 is 0 Å². The molecule has 2 heterocycles. The van der Waals surface area contributed by atoms with Gasteiger partial charge in [0.05, 0.1) is 27.2 Å². The van der Waals surface area contributed by atoms with Gasteiger partial charge in [-0.15, -0.1) is 0 Å². The van der Waals surface area contributed by atoms with Crippen molar-refractivity contribution in [2.24, 2.45) is 0 Å². The zero-order valence-electron chi connectivity index (χ0n) is 13.5. The van der Waals surface area contributed by atoms with Gasteiger partial charge in [0.1, 0.15) is 11.5 Å². The van der Waals surface area contributed by atoms with E-state index in [-0.39, 0.29) is 11.8 Å². The Morgan fingerprint density at radius 3 is 1.97 bits per heavy atom. The maximum Gasteiger partial charge on any atom is 0.434 e. The van der Waals surface area contributed by atoms with Crippen molar-refractivity contribution in [2.45, 2.75) is 18.5 Å². The molecule has 1 aromatic carbocycles. The molecule has 2 aromatic heterocycles. The van der Waals surface area contributed by atoms with Crippen molar-refractivity contribution < 1.29 is 39.5 Å². The van der Waals surface area contributed by atoms with Gasteiger partial charge in [-0.3, -0.25) is 0 Å². The predicted octanol–water partition coefficient (Wildman–Crippen LogP) is 5.71. The SMILES string of the molecule is Nc1c2c(C(F)(F)F)nc(C(F)(F)F)cc2nn1-c1ccc(C(F)(F)F)cc1Cl. The average Bonchev–Trinajstić information content (AvgIpc) is 2.88. The van der Waals surface area contributed by atoms with Crippen molar-refractivity contribution >= 4 is 28.3 Å². The summed E-state index contributed by atoms with van der Waals surface area (Å²) in [5, 5.41) is 2.04. The lowest BCUT2D eigenvalue weighted by Crippen LogP contribution is -2.15. The van der Waals surface area contributed by atoms with Gasteiger partial charge in [0.25, 0.3) is 0 Å². The number of rotatable bonds is 1. The molecule has 0 atom stereocenters. The third-order valence-corrected chi connectivity index (χ3v) is 4.06. The van der Waals surface area contributed by atoms with Crippen molar-refractivity contribution in [1.82, 2.24) is 14.8 Å². The van der Waals surface area contributed by atoms with E-state index in [0.717, 1.165) is 6.07 Å². The molecule has 29 heavy (non-hydrogen) atoms. The number of hydrogen-bond donors (Lipinski definition) is 1. The van der Waals surface area contributed by atoms with E-state index in [1.165, 1.54) is 0 Å². The summed E-state index contributed by atoms with van der Waals surface area (Å²) < 4.78 is 117. The van der Waals surface area contributed by atoms with Crippen LogP contribution in [0.2, 0.25) is 5.02 Å². The Morgan fingerprint density at radius 1 is 0.862 bits per heavy atom. The summed E-state index contributed by atoms with van der Waals surface area (Å²) in [7, 11) is 0. The van der Waals surface area contributed by atoms with Gasteiger partial charge in [0.15, 0.2) is 5.69 Å². The third-order valence-electron chi connectivity index (χ3n) is 3.75. The van der Waals surface area contributed by atoms with Crippen LogP contribution >= 0.6 is 11.6 Å². The van der Waals surface area contributed by atoms with E-state index in [4.69, 9.17) is 17.3 Å². The van der Waals surface area contributed by atoms with Gasteiger partial charge in [0.2, 0.25) is 0 Å². The van der Waals surface area contributed by atoms with Gasteiger partial charge in [0, 0.05) is 0 Å². The molecule has 0 fully saturated rings. The fourth-order valence-electron chi connectivity index (χ4n) is 2.52. The first-order valence-corrected chi connectivity index (χ1v) is 7.69. The van der Waals surface area contributed by atoms with E-state index in [9.17, 15) is 39.5 Å². The van der Waals surface area contributed by atoms with Crippen LogP contribution < -0.4 is 5.73 Å². The second-order valence-corrected chi connectivity index (χ2v) is 6.11. The molecule has 0 unspecified atom stereocenters. The molecule has 0 aliphatic carbocycles. The number of nitrogen functional groups attached to an aromatic ring is 1. The average molecular weight is 449 g/mol. The number of aromatic nitrogens is 3. The normalized spacial score (nSPS) is 13.3. The Labute approximate surface area is 159 Å². The molecule has 3 rings (SSSR count). The van der Waals surface area contributed by atoms with E-state index in [1.54, 1.807) is 0 Å². The van der Waals surface area contributed by atoms with E-state index < -0.39 is 57.2 Å². The molecule has 0 aliphatic heterocycles. The molecule has 0 saturated heterocycles. The quantitative estimate of drug-likeness (QED) is 0.485. The van der Waals surface area contributed by atoms with Crippen molar-refractivity contribution in [3.63, 3.8) is 0 Å². The van der Waals surface area contributed by atoms with Crippen molar-refractivity contribution in [3.05, 3.63) is 46.2 Å². The standard InChI is InChI=1S/C15H6ClF9N4/c16-6-3-5(13(17,18)19)1-2-8(6)29-12(26)10-7(28-29)4-9(14(20,21)22)27-11(10)15(23,24)25/h1-4H,26H2. The molecule has 3 aromatic rings. The van der Waals surface area contributed by atoms with Gasteiger partial charge in [-0.2, -0.15) is 44.6 Å². The number of nitrogens with two attached hydrogens (primary N) is 1. The molecule has 0 spiro atoms. The summed E-state index contributed by atoms with van der Waals surface area (Å²) in [4.78, 5) is 2.62. The summed E-state index contributed by atoms with van der Waals surface area (Å²) >= 11 is 5.77. The number of benzene rings is 1. The van der Waals surface area contributed by atoms with E-state index in [1.807, 2.05) is 0 Å². The molecule has 0 radical (unpaired) electrons. The lowest BCUT2D eigenvalue weighted by atomic mass is 10.2. The van der Waals surface area contributed by atoms with Crippen molar-refractivity contribution in [3.8, 4) is 5.69 Å². The molecule has 14 heteroatoms. The maximum absolute atomic E-state index is 13.3. The largest absolute Gasteiger partial charge is 0.434 e. The van der Waals surface area contributed by atoms with Crippen LogP contribution in [0, 0.1) is 0 Å². The van der Waals surface area contributed by atoms with Crippen LogP contribution in [0.3, 0.4) is 0 Å². The van der Waals surface area contributed by atoms with Gasteiger partial charge in [-0.1, -0.05) is 11.6 Å². The summed E-state index contributed by atoms with van der Waals surface area (Å²) in [6.07, 6.45) is -15.3. The monoisotopic (exact) mass is 448 g/mol. The zero-order valence-corrected chi connectivity index (χ0v) is 14.3. The third kappa shape index (κ3) is 3.78. The van der Waals surface area contributed by atoms with Crippen molar-refractivity contribution in [1.29, 1.82) is 0 Å². The molecule has 2 N–H and O–H groups in total. The molecule has 0 amide bonds. The Morgan fingerprint density at radius 2 is 1.48 bits per heavy atom. The van der Waals surface area contributed by atoms with Crippen LogP contribution in [0.1, 0.15) is 17.0 Å². The van der Waals surface area contributed by atoms with Crippen LogP contribution in [0.4, 0.5) is 45.3 Å². The second kappa shape index (κ2) is 6.40. The first kappa shape index (κ1) is 21.0. The molecule has 4 nitrogen and oxygen atoms in total. The highest BCUT2D eigenvalue weighted by atomic mass is 35.5. The summed E-state index contributed by atoms with van der Waals surface area (Å²) in [5.41, 5.74) is -0.510. The highest BCUT2D eigenvalue weighted by molar-refractivity contribution is 6.32. The minimum Gasteiger partial charge on any atom is -0.383 e. The molecular weight excluding hydrogens is 443 g/mol. The molecule has 0 saturated carbocycles. The predicted molar refractivity (Wildman–Crippen MR) is 83.3 cm³/mol. The molecule has 0 aliphatic rings. The lowest BCUT2D eigenvalue weighted by Gasteiger charge is -2.12. The zero-order chi connectivity index (χ0) is 21.9. The van der Waals surface area contributed by atoms with Crippen LogP contribution in [-0.4, -0.2) is 14.8 Å². The molecule has 0 bridgehead atoms. The van der Waals surface area contributed by atoms with Gasteiger partial charge in [-0.25, -0.2) is 9.67 Å². The Hall–Kier alpha value is -2.70. The number of pyridine rings is 1. The van der Waals surface area contributed by atoms with Gasteiger partial charge in [-0.05, 0) is 24.3 Å². The lowest BCUT2D eigenvalue weighted by molar-refractivity contribution is -0.149. The fourth-order valence-corrected chi connectivity index (χ4v) is 2.78. The Bertz CT molecular complexity index is 1100. The number of fused-ring (bicyclic) bond motifs is 1. The Balaban J connectivity index is 2.31. The van der Waals surface area contributed by atoms with Gasteiger partial charge >= 0.3 is 18.5 Å². The Kier molecular flexibility index (Phi) is 4.64. The number of halogens is 10. The minimum absolute atomic E-state index is 0.245. The van der Waals surface area contributed by atoms with Crippen molar-refractivity contribution in [2.75, 3.05) is 5.73 Å². The first-order valence-electron chi connectivity index (χ1n) is 7.31. The summed E-state index contributed by atoms with van der Waals surface area (Å²) in [6.45, 7) is 0. The fraction of sp³-hybridized carbons (Fsp3) is 0.200. The van der Waals surface area contributed by atoms with E-state index in [0.29, 0.717) is 16.8 Å². The topological polar surface area (TPSA) is 56.7 Å². The summed E-state index contributed by atoms with van der Waals surface area (Å²) in [5.74, 6) is -0.796. The number of nitrogens with zero attached hydrogens (tertiary/aromatic N) is 3. The van der Waals surface area contributed by atoms with Crippen LogP contribution in [-0.2, 0) is 18.5 Å². The van der Waals surface area contributed by atoms with Crippen LogP contribution in [0.5, 0.6) is 0 Å². The van der Waals surface area contributed by atoms with Crippen LogP contribution in [0.25, 0.3) is 16.6 Å². The minimum atomic E-state index is -5.31. The number of anilines is 1. The maximum atomic E-state index is 13.3. The van der Waals surface area contributed by atoms with Gasteiger partial charge < -0.3 is 5.73 Å². The van der Waals surface area contributed by atoms with E-state index in [2.05, 4.69) is 10.1 Å². The molecular formula is C15H6ClF9N4. The number of hydrogen-bond acceptors (Lipinski definition) is 3. The van der Waals surface area contributed by atoms with Crippen LogP contribution in [0.15, 0.2) is 24.3 Å². The first-order chi connectivity index (χ1) is 13.1. The second-order valence-electron chi connectivity index (χ2n) is 5.71. The summed E-state index contributed by atoms with van der Waals surface area (Å²) in [6, 6.07) is 2.07.